The highest BCUT2D eigenvalue weighted by Gasteiger charge is 2.33. The van der Waals surface area contributed by atoms with Crippen LogP contribution in [0.25, 0.3) is 11.0 Å². The van der Waals surface area contributed by atoms with Gasteiger partial charge in [0.2, 0.25) is 0 Å². The number of nitrogens with one attached hydrogen (secondary N) is 2. The van der Waals surface area contributed by atoms with Crippen molar-refractivity contribution in [3.63, 3.8) is 0 Å². The van der Waals surface area contributed by atoms with Gasteiger partial charge in [0.25, 0.3) is 5.91 Å². The van der Waals surface area contributed by atoms with Gasteiger partial charge in [-0.1, -0.05) is 6.07 Å². The molecule has 1 heterocycles. The summed E-state index contributed by atoms with van der Waals surface area (Å²) in [7, 11) is -3.94. The van der Waals surface area contributed by atoms with Crippen LogP contribution < -0.4 is 5.32 Å². The Balaban J connectivity index is 1.35. The summed E-state index contributed by atoms with van der Waals surface area (Å²) in [5, 5.41) is 2.75. The molecule has 194 valence electrons. The van der Waals surface area contributed by atoms with E-state index in [9.17, 15) is 39.6 Å². The van der Waals surface area contributed by atoms with Crippen LogP contribution in [0, 0.1) is 5.92 Å². The van der Waals surface area contributed by atoms with Crippen molar-refractivity contribution in [3.05, 3.63) is 59.4 Å². The predicted molar refractivity (Wildman–Crippen MR) is 118 cm³/mol. The number of aromatic nitrogens is 2. The molecule has 0 radical (unpaired) electrons. The van der Waals surface area contributed by atoms with Gasteiger partial charge in [0, 0.05) is 6.04 Å². The number of carbonyl (C=O) groups is 1. The Bertz CT molecular complexity index is 1370. The van der Waals surface area contributed by atoms with Gasteiger partial charge in [0.15, 0.2) is 15.7 Å². The lowest BCUT2D eigenvalue weighted by Crippen LogP contribution is -2.39. The number of hydrogen-bond donors (Lipinski definition) is 2. The summed E-state index contributed by atoms with van der Waals surface area (Å²) in [5.41, 5.74) is -1.63. The van der Waals surface area contributed by atoms with Crippen molar-refractivity contribution >= 4 is 26.8 Å². The van der Waals surface area contributed by atoms with Gasteiger partial charge in [-0.3, -0.25) is 4.79 Å². The number of fused-ring (bicyclic) bond motifs is 1. The Morgan fingerprint density at radius 1 is 0.944 bits per heavy atom. The number of aromatic amines is 1. The topological polar surface area (TPSA) is 91.9 Å². The first-order chi connectivity index (χ1) is 16.7. The molecule has 0 atom stereocenters. The zero-order chi connectivity index (χ0) is 26.3. The number of H-pyrrole nitrogens is 1. The van der Waals surface area contributed by atoms with Crippen molar-refractivity contribution in [2.75, 3.05) is 5.75 Å². The third-order valence-corrected chi connectivity index (χ3v) is 8.06. The smallest absolute Gasteiger partial charge is 0.347 e. The van der Waals surface area contributed by atoms with Crippen LogP contribution in [-0.2, 0) is 22.2 Å². The van der Waals surface area contributed by atoms with Crippen LogP contribution in [0.3, 0.4) is 0 Å². The predicted octanol–water partition coefficient (Wildman–Crippen LogP) is 5.36. The Hall–Kier alpha value is -3.09. The van der Waals surface area contributed by atoms with Gasteiger partial charge in [-0.25, -0.2) is 13.4 Å². The molecule has 13 heteroatoms. The van der Waals surface area contributed by atoms with Gasteiger partial charge >= 0.3 is 12.4 Å². The van der Waals surface area contributed by atoms with E-state index in [4.69, 9.17) is 0 Å². The molecular weight excluding hydrogens is 512 g/mol. The monoisotopic (exact) mass is 533 g/mol. The summed E-state index contributed by atoms with van der Waals surface area (Å²) in [6.07, 6.45) is -7.45. The van der Waals surface area contributed by atoms with Crippen molar-refractivity contribution in [1.29, 1.82) is 0 Å². The summed E-state index contributed by atoms with van der Waals surface area (Å²) in [6.45, 7) is 0. The molecule has 0 spiro atoms. The van der Waals surface area contributed by atoms with Gasteiger partial charge in [-0.2, -0.15) is 26.3 Å². The van der Waals surface area contributed by atoms with Crippen LogP contribution >= 0.6 is 0 Å². The molecule has 1 aromatic heterocycles. The van der Waals surface area contributed by atoms with Crippen molar-refractivity contribution in [3.8, 4) is 0 Å². The minimum absolute atomic E-state index is 0.0680. The summed E-state index contributed by atoms with van der Waals surface area (Å²) < 4.78 is 103. The molecule has 3 aromatic rings. The summed E-state index contributed by atoms with van der Waals surface area (Å²) in [6, 6.07) is 6.25. The number of nitrogens with zero attached hydrogens (tertiary/aromatic N) is 1. The first-order valence-electron chi connectivity index (χ1n) is 11.0. The number of alkyl halides is 6. The van der Waals surface area contributed by atoms with Crippen LogP contribution in [0.15, 0.2) is 47.4 Å². The maximum absolute atomic E-state index is 12.9. The molecule has 6 nitrogen and oxygen atoms in total. The Kier molecular flexibility index (Phi) is 6.80. The van der Waals surface area contributed by atoms with Gasteiger partial charge in [-0.05, 0) is 68.0 Å². The molecule has 0 bridgehead atoms. The maximum Gasteiger partial charge on any atom is 0.416 e. The van der Waals surface area contributed by atoms with Crippen molar-refractivity contribution in [2.45, 2.75) is 49.0 Å². The van der Waals surface area contributed by atoms with E-state index >= 15 is 0 Å². The maximum atomic E-state index is 12.9. The lowest BCUT2D eigenvalue weighted by Gasteiger charge is -2.28. The fourth-order valence-corrected chi connectivity index (χ4v) is 6.03. The number of benzene rings is 2. The Labute approximate surface area is 202 Å². The molecule has 0 unspecified atom stereocenters. The molecule has 1 amide bonds. The highest BCUT2D eigenvalue weighted by Crippen LogP contribution is 2.33. The summed E-state index contributed by atoms with van der Waals surface area (Å²) in [4.78, 5) is 18.8. The minimum atomic E-state index is -4.65. The molecule has 1 fully saturated rings. The van der Waals surface area contributed by atoms with Crippen molar-refractivity contribution < 1.29 is 39.6 Å². The summed E-state index contributed by atoms with van der Waals surface area (Å²) >= 11 is 0. The van der Waals surface area contributed by atoms with E-state index in [0.29, 0.717) is 31.7 Å². The largest absolute Gasteiger partial charge is 0.416 e. The standard InChI is InChI=1S/C23H21F6N3O3S/c24-22(25,26)14-2-1-3-17(10-14)36(34,35)12-13-4-7-16(8-5-13)30-21(33)20-31-18-9-6-15(23(27,28)29)11-19(18)32-20/h1-3,6,9-11,13,16H,4-5,7-8,12H2,(H,30,33)(H,31,32). The average Bonchev–Trinajstić information content (AvgIpc) is 3.23. The molecular formula is C23H21F6N3O3S. The molecule has 2 N–H and O–H groups in total. The highest BCUT2D eigenvalue weighted by atomic mass is 32.2. The number of hydrogen-bond acceptors (Lipinski definition) is 4. The van der Waals surface area contributed by atoms with E-state index in [2.05, 4.69) is 15.3 Å². The third-order valence-electron chi connectivity index (χ3n) is 6.18. The second-order valence-corrected chi connectivity index (χ2v) is 10.8. The number of rotatable bonds is 5. The lowest BCUT2D eigenvalue weighted by molar-refractivity contribution is -0.138. The van der Waals surface area contributed by atoms with E-state index in [0.717, 1.165) is 30.3 Å². The first-order valence-corrected chi connectivity index (χ1v) is 12.7. The van der Waals surface area contributed by atoms with Gasteiger partial charge in [-0.15, -0.1) is 0 Å². The Morgan fingerprint density at radius 2 is 1.58 bits per heavy atom. The van der Waals surface area contributed by atoms with Crippen molar-refractivity contribution in [2.24, 2.45) is 5.92 Å². The van der Waals surface area contributed by atoms with E-state index < -0.39 is 39.2 Å². The SMILES string of the molecule is O=C(NC1CCC(CS(=O)(=O)c2cccc(C(F)(F)F)c2)CC1)c1nc2ccc(C(F)(F)F)cc2[nH]1. The lowest BCUT2D eigenvalue weighted by atomic mass is 9.87. The normalized spacial score (nSPS) is 19.4. The fourth-order valence-electron chi connectivity index (χ4n) is 4.29. The highest BCUT2D eigenvalue weighted by molar-refractivity contribution is 7.91. The third kappa shape index (κ3) is 5.82. The number of sulfone groups is 1. The van der Waals surface area contributed by atoms with E-state index in [1.165, 1.54) is 6.07 Å². The molecule has 1 aliphatic carbocycles. The van der Waals surface area contributed by atoms with Gasteiger partial charge in [0.05, 0.1) is 32.8 Å². The van der Waals surface area contributed by atoms with Crippen LogP contribution in [0.5, 0.6) is 0 Å². The van der Waals surface area contributed by atoms with E-state index in [1.807, 2.05) is 0 Å². The second kappa shape index (κ2) is 9.41. The second-order valence-electron chi connectivity index (χ2n) is 8.81. The molecule has 0 saturated heterocycles. The number of carbonyl (C=O) groups excluding carboxylic acids is 1. The van der Waals surface area contributed by atoms with E-state index in [-0.39, 0.29) is 39.5 Å². The molecule has 4 rings (SSSR count). The number of imidazole rings is 1. The van der Waals surface area contributed by atoms with Crippen LogP contribution in [0.2, 0.25) is 0 Å². The van der Waals surface area contributed by atoms with Crippen LogP contribution in [-0.4, -0.2) is 36.1 Å². The first kappa shape index (κ1) is 26.0. The summed E-state index contributed by atoms with van der Waals surface area (Å²) in [5.74, 6) is -1.33. The molecule has 0 aliphatic heterocycles. The molecule has 1 saturated carbocycles. The quantitative estimate of drug-likeness (QED) is 0.432. The number of halogens is 6. The van der Waals surface area contributed by atoms with Gasteiger partial charge < -0.3 is 10.3 Å². The Morgan fingerprint density at radius 3 is 2.22 bits per heavy atom. The minimum Gasteiger partial charge on any atom is -0.347 e. The van der Waals surface area contributed by atoms with E-state index in [1.54, 1.807) is 0 Å². The molecule has 2 aromatic carbocycles. The average molecular weight is 533 g/mol. The molecule has 36 heavy (non-hydrogen) atoms. The fraction of sp³-hybridized carbons (Fsp3) is 0.391. The zero-order valence-corrected chi connectivity index (χ0v) is 19.4. The molecule has 1 aliphatic rings. The zero-order valence-electron chi connectivity index (χ0n) is 18.6. The van der Waals surface area contributed by atoms with Gasteiger partial charge in [0.1, 0.15) is 0 Å². The van der Waals surface area contributed by atoms with Crippen molar-refractivity contribution in [1.82, 2.24) is 15.3 Å². The number of amides is 1. The van der Waals surface area contributed by atoms with Crippen LogP contribution in [0.1, 0.15) is 47.4 Å². The van der Waals surface area contributed by atoms with Crippen LogP contribution in [0.4, 0.5) is 26.3 Å².